The summed E-state index contributed by atoms with van der Waals surface area (Å²) in [6.07, 6.45) is -4.51. The zero-order chi connectivity index (χ0) is 23.6. The predicted molar refractivity (Wildman–Crippen MR) is 116 cm³/mol. The van der Waals surface area contributed by atoms with Crippen molar-refractivity contribution in [2.24, 2.45) is 0 Å². The van der Waals surface area contributed by atoms with Crippen LogP contribution >= 0.6 is 11.6 Å². The van der Waals surface area contributed by atoms with Gasteiger partial charge in [0.1, 0.15) is 6.79 Å². The van der Waals surface area contributed by atoms with Gasteiger partial charge in [-0.2, -0.15) is 13.2 Å². The summed E-state index contributed by atoms with van der Waals surface area (Å²) in [6.45, 7) is 4.74. The van der Waals surface area contributed by atoms with Crippen LogP contribution in [0.15, 0.2) is 36.4 Å². The number of benzene rings is 2. The summed E-state index contributed by atoms with van der Waals surface area (Å²) in [5, 5.41) is 3.59. The molecule has 5 nitrogen and oxygen atoms in total. The number of anilines is 1. The Morgan fingerprint density at radius 2 is 1.84 bits per heavy atom. The van der Waals surface area contributed by atoms with Gasteiger partial charge in [-0.05, 0) is 48.2 Å². The Morgan fingerprint density at radius 1 is 1.23 bits per heavy atom. The molecule has 0 radical (unpaired) electrons. The molecule has 170 valence electrons. The summed E-state index contributed by atoms with van der Waals surface area (Å²) in [7, 11) is 3.42. The van der Waals surface area contributed by atoms with E-state index < -0.39 is 12.1 Å². The van der Waals surface area contributed by atoms with E-state index in [0.717, 1.165) is 33.9 Å². The average Bonchev–Trinajstić information content (AvgIpc) is 2.78. The normalized spacial score (nSPS) is 12.5. The minimum Gasteiger partial charge on any atom is -0.388 e. The zero-order valence-corrected chi connectivity index (χ0v) is 18.4. The van der Waals surface area contributed by atoms with Gasteiger partial charge in [0.05, 0.1) is 0 Å². The SMILES string of the molecule is C=O.CCOC.CNc1cc2c(c(-c3ccccc3Cl)c1)CCN(C(=O)C(F)(F)F)C2. The molecule has 1 aliphatic heterocycles. The molecule has 1 N–H and O–H groups in total. The summed E-state index contributed by atoms with van der Waals surface area (Å²) < 4.78 is 42.7. The maximum absolute atomic E-state index is 12.7. The van der Waals surface area contributed by atoms with E-state index in [0.29, 0.717) is 17.0 Å². The summed E-state index contributed by atoms with van der Waals surface area (Å²) in [5.74, 6) is -1.80. The van der Waals surface area contributed by atoms with Crippen LogP contribution in [0.5, 0.6) is 0 Å². The molecule has 2 aromatic carbocycles. The van der Waals surface area contributed by atoms with Crippen LogP contribution in [-0.2, 0) is 27.3 Å². The van der Waals surface area contributed by atoms with Crippen LogP contribution in [0.3, 0.4) is 0 Å². The lowest BCUT2D eigenvalue weighted by molar-refractivity contribution is -0.186. The Bertz CT molecular complexity index is 874. The highest BCUT2D eigenvalue weighted by Crippen LogP contribution is 2.37. The maximum atomic E-state index is 12.7. The lowest BCUT2D eigenvalue weighted by atomic mass is 9.90. The molecule has 0 spiro atoms. The molecule has 0 fully saturated rings. The third kappa shape index (κ3) is 6.97. The van der Waals surface area contributed by atoms with Crippen molar-refractivity contribution in [1.82, 2.24) is 4.90 Å². The van der Waals surface area contributed by atoms with Crippen LogP contribution in [0, 0.1) is 0 Å². The Labute approximate surface area is 185 Å². The fraction of sp³-hybridized carbons (Fsp3) is 0.364. The van der Waals surface area contributed by atoms with Crippen molar-refractivity contribution in [3.05, 3.63) is 52.5 Å². The average molecular weight is 459 g/mol. The Morgan fingerprint density at radius 3 is 2.35 bits per heavy atom. The van der Waals surface area contributed by atoms with Crippen molar-refractivity contribution in [1.29, 1.82) is 0 Å². The second kappa shape index (κ2) is 12.3. The van der Waals surface area contributed by atoms with Gasteiger partial charge in [-0.1, -0.05) is 29.8 Å². The van der Waals surface area contributed by atoms with Crippen molar-refractivity contribution in [3.63, 3.8) is 0 Å². The number of carbonyl (C=O) groups is 2. The van der Waals surface area contributed by atoms with Crippen molar-refractivity contribution in [2.45, 2.75) is 26.1 Å². The molecule has 1 amide bonds. The van der Waals surface area contributed by atoms with Crippen LogP contribution in [0.25, 0.3) is 11.1 Å². The van der Waals surface area contributed by atoms with Crippen LogP contribution in [0.1, 0.15) is 18.1 Å². The van der Waals surface area contributed by atoms with E-state index in [-0.39, 0.29) is 13.1 Å². The molecular weight excluding hydrogens is 433 g/mol. The van der Waals surface area contributed by atoms with Gasteiger partial charge in [0.2, 0.25) is 0 Å². The smallest absolute Gasteiger partial charge is 0.388 e. The van der Waals surface area contributed by atoms with Crippen molar-refractivity contribution >= 4 is 30.0 Å². The van der Waals surface area contributed by atoms with Crippen molar-refractivity contribution < 1.29 is 27.5 Å². The monoisotopic (exact) mass is 458 g/mol. The van der Waals surface area contributed by atoms with E-state index in [1.54, 1.807) is 26.3 Å². The van der Waals surface area contributed by atoms with Crippen LogP contribution in [-0.4, -0.2) is 51.1 Å². The lowest BCUT2D eigenvalue weighted by Crippen LogP contribution is -2.43. The number of amides is 1. The highest BCUT2D eigenvalue weighted by atomic mass is 35.5. The minimum atomic E-state index is -4.86. The van der Waals surface area contributed by atoms with Crippen molar-refractivity contribution in [3.8, 4) is 11.1 Å². The highest BCUT2D eigenvalue weighted by molar-refractivity contribution is 6.33. The topological polar surface area (TPSA) is 58.6 Å². The molecule has 1 aliphatic rings. The quantitative estimate of drug-likeness (QED) is 0.706. The van der Waals surface area contributed by atoms with Gasteiger partial charge in [0.25, 0.3) is 0 Å². The molecule has 2 aromatic rings. The minimum absolute atomic E-state index is 0.0295. The number of ether oxygens (including phenoxy) is 1. The standard InChI is InChI=1S/C18H16ClF3N2O.C3H8O.CH2O/c1-23-12-8-11-10-24(17(25)18(20,21)22)7-6-13(11)15(9-12)14-4-2-3-5-16(14)19;1-3-4-2;1-2/h2-5,8-9,23H,6-7,10H2,1H3;3H2,1-2H3;1H2. The van der Waals surface area contributed by atoms with E-state index in [2.05, 4.69) is 10.1 Å². The molecule has 1 heterocycles. The molecule has 0 atom stereocenters. The number of fused-ring (bicyclic) bond motifs is 1. The van der Waals surface area contributed by atoms with Gasteiger partial charge in [-0.25, -0.2) is 0 Å². The third-order valence-electron chi connectivity index (χ3n) is 4.61. The van der Waals surface area contributed by atoms with E-state index >= 15 is 0 Å². The van der Waals surface area contributed by atoms with Crippen LogP contribution in [0.4, 0.5) is 18.9 Å². The molecular formula is C22H26ClF3N2O3. The Kier molecular flexibility index (Phi) is 10.5. The molecule has 9 heteroatoms. The maximum Gasteiger partial charge on any atom is 0.471 e. The first-order chi connectivity index (χ1) is 14.7. The van der Waals surface area contributed by atoms with E-state index in [9.17, 15) is 18.0 Å². The van der Waals surface area contributed by atoms with Gasteiger partial charge in [-0.15, -0.1) is 0 Å². The summed E-state index contributed by atoms with van der Waals surface area (Å²) in [4.78, 5) is 20.4. The number of hydrogen-bond donors (Lipinski definition) is 1. The number of rotatable bonds is 3. The van der Waals surface area contributed by atoms with Crippen LogP contribution in [0.2, 0.25) is 5.02 Å². The van der Waals surface area contributed by atoms with E-state index in [4.69, 9.17) is 16.4 Å². The lowest BCUT2D eigenvalue weighted by Gasteiger charge is -2.31. The zero-order valence-electron chi connectivity index (χ0n) is 17.7. The van der Waals surface area contributed by atoms with Crippen molar-refractivity contribution in [2.75, 3.05) is 32.6 Å². The predicted octanol–water partition coefficient (Wildman–Crippen LogP) is 4.96. The van der Waals surface area contributed by atoms with E-state index in [1.807, 2.05) is 38.0 Å². The molecule has 3 rings (SSSR count). The molecule has 0 bridgehead atoms. The molecule has 31 heavy (non-hydrogen) atoms. The van der Waals surface area contributed by atoms with Crippen LogP contribution < -0.4 is 5.32 Å². The summed E-state index contributed by atoms with van der Waals surface area (Å²) >= 11 is 6.30. The summed E-state index contributed by atoms with van der Waals surface area (Å²) in [5.41, 5.74) is 4.10. The van der Waals surface area contributed by atoms with Gasteiger partial charge in [-0.3, -0.25) is 4.79 Å². The largest absolute Gasteiger partial charge is 0.471 e. The number of alkyl halides is 3. The van der Waals surface area contributed by atoms with Gasteiger partial charge < -0.3 is 19.7 Å². The highest BCUT2D eigenvalue weighted by Gasteiger charge is 2.43. The first-order valence-corrected chi connectivity index (χ1v) is 9.83. The second-order valence-corrected chi connectivity index (χ2v) is 6.85. The molecule has 0 saturated carbocycles. The molecule has 0 aromatic heterocycles. The molecule has 0 saturated heterocycles. The molecule has 0 unspecified atom stereocenters. The molecule has 0 aliphatic carbocycles. The Hall–Kier alpha value is -2.58. The number of halogens is 4. The number of carbonyl (C=O) groups excluding carboxylic acids is 2. The van der Waals surface area contributed by atoms with Gasteiger partial charge in [0, 0.05) is 50.1 Å². The van der Waals surface area contributed by atoms with Gasteiger partial charge in [0.15, 0.2) is 0 Å². The number of hydrogen-bond acceptors (Lipinski definition) is 4. The fourth-order valence-electron chi connectivity index (χ4n) is 3.12. The first kappa shape index (κ1) is 26.5. The summed E-state index contributed by atoms with van der Waals surface area (Å²) in [6, 6.07) is 11.1. The Balaban J connectivity index is 0.000000720. The number of nitrogens with one attached hydrogen (secondary N) is 1. The number of methoxy groups -OCH3 is 1. The number of nitrogens with zero attached hydrogens (tertiary/aromatic N) is 1. The first-order valence-electron chi connectivity index (χ1n) is 9.45. The van der Waals surface area contributed by atoms with Gasteiger partial charge >= 0.3 is 12.1 Å². The van der Waals surface area contributed by atoms with E-state index in [1.165, 1.54) is 0 Å². The fourth-order valence-corrected chi connectivity index (χ4v) is 3.35. The third-order valence-corrected chi connectivity index (χ3v) is 4.94. The second-order valence-electron chi connectivity index (χ2n) is 6.44.